The fourth-order valence-electron chi connectivity index (χ4n) is 2.64. The van der Waals surface area contributed by atoms with E-state index < -0.39 is 10.3 Å². The van der Waals surface area contributed by atoms with E-state index in [-0.39, 0.29) is 10.5 Å². The Morgan fingerprint density at radius 3 is 2.65 bits per heavy atom. The van der Waals surface area contributed by atoms with Crippen molar-refractivity contribution in [3.05, 3.63) is 39.4 Å². The van der Waals surface area contributed by atoms with Gasteiger partial charge in [-0.05, 0) is 47.9 Å². The van der Waals surface area contributed by atoms with Gasteiger partial charge >= 0.3 is 10.3 Å². The molecule has 126 valence electrons. The molecule has 0 aliphatic carbocycles. The number of benzene rings is 1. The van der Waals surface area contributed by atoms with Crippen LogP contribution in [0, 0.1) is 5.92 Å². The first kappa shape index (κ1) is 17.9. The van der Waals surface area contributed by atoms with Crippen molar-refractivity contribution in [3.63, 3.8) is 0 Å². The second-order valence-corrected chi connectivity index (χ2v) is 7.96. The molecular formula is C16H21NO4S2. The highest BCUT2D eigenvalue weighted by Crippen LogP contribution is 2.27. The molecule has 0 amide bonds. The van der Waals surface area contributed by atoms with Crippen molar-refractivity contribution in [3.8, 4) is 5.75 Å². The van der Waals surface area contributed by atoms with E-state index in [9.17, 15) is 13.2 Å². The minimum atomic E-state index is -4.07. The van der Waals surface area contributed by atoms with E-state index in [1.165, 1.54) is 6.42 Å². The Labute approximate surface area is 140 Å². The third kappa shape index (κ3) is 5.30. The van der Waals surface area contributed by atoms with Crippen molar-refractivity contribution in [2.75, 3.05) is 0 Å². The fraction of sp³-hybridized carbons (Fsp3) is 0.438. The Bertz CT molecular complexity index is 843. The lowest BCUT2D eigenvalue weighted by atomic mass is 9.96. The molecule has 1 unspecified atom stereocenters. The summed E-state index contributed by atoms with van der Waals surface area (Å²) in [6.45, 7) is 4.38. The maximum absolute atomic E-state index is 11.9. The standard InChI is InChI=1S/C16H21NO4S2/c1-3-4-11(2)5-6-12-9-16(18)22-15-10-13(7-8-14(12)15)21-23(17,19)20/h7-11H,3-6H2,1-2H3,(H2,17,19,20). The average molecular weight is 355 g/mol. The lowest BCUT2D eigenvalue weighted by molar-refractivity contribution is 0.486. The van der Waals surface area contributed by atoms with Crippen molar-refractivity contribution >= 4 is 31.7 Å². The van der Waals surface area contributed by atoms with E-state index in [0.717, 1.165) is 41.5 Å². The minimum absolute atomic E-state index is 0.0524. The van der Waals surface area contributed by atoms with Crippen LogP contribution in [0.4, 0.5) is 0 Å². The van der Waals surface area contributed by atoms with Crippen LogP contribution in [0.5, 0.6) is 5.75 Å². The summed E-state index contributed by atoms with van der Waals surface area (Å²) in [4.78, 5) is 11.9. The molecule has 2 rings (SSSR count). The van der Waals surface area contributed by atoms with Crippen molar-refractivity contribution in [1.82, 2.24) is 0 Å². The number of fused-ring (bicyclic) bond motifs is 1. The van der Waals surface area contributed by atoms with Gasteiger partial charge in [0.25, 0.3) is 0 Å². The lowest BCUT2D eigenvalue weighted by Crippen LogP contribution is -2.18. The molecule has 0 radical (unpaired) electrons. The summed E-state index contributed by atoms with van der Waals surface area (Å²) in [6.07, 6.45) is 4.17. The molecule has 7 heteroatoms. The second kappa shape index (κ2) is 7.42. The van der Waals surface area contributed by atoms with E-state index in [4.69, 9.17) is 5.14 Å². The molecule has 0 spiro atoms. The van der Waals surface area contributed by atoms with Gasteiger partial charge < -0.3 is 4.18 Å². The molecule has 23 heavy (non-hydrogen) atoms. The van der Waals surface area contributed by atoms with E-state index >= 15 is 0 Å². The van der Waals surface area contributed by atoms with Gasteiger partial charge in [0.2, 0.25) is 4.74 Å². The van der Waals surface area contributed by atoms with Gasteiger partial charge in [-0.25, -0.2) is 0 Å². The monoisotopic (exact) mass is 355 g/mol. The Kier molecular flexibility index (Phi) is 5.78. The Morgan fingerprint density at radius 1 is 1.26 bits per heavy atom. The molecular weight excluding hydrogens is 334 g/mol. The highest BCUT2D eigenvalue weighted by Gasteiger charge is 2.10. The topological polar surface area (TPSA) is 86.5 Å². The largest absolute Gasteiger partial charge is 0.380 e. The summed E-state index contributed by atoms with van der Waals surface area (Å²) in [6, 6.07) is 6.56. The maximum atomic E-state index is 11.9. The summed E-state index contributed by atoms with van der Waals surface area (Å²) in [5, 5.41) is 5.83. The normalized spacial score (nSPS) is 13.2. The number of rotatable bonds is 7. The lowest BCUT2D eigenvalue weighted by Gasteiger charge is -2.11. The third-order valence-corrected chi connectivity index (χ3v) is 5.00. The first-order chi connectivity index (χ1) is 10.8. The summed E-state index contributed by atoms with van der Waals surface area (Å²) in [5.41, 5.74) is 0.994. The molecule has 0 saturated carbocycles. The highest BCUT2D eigenvalue weighted by molar-refractivity contribution is 7.84. The molecule has 0 aliphatic heterocycles. The molecule has 1 aromatic carbocycles. The summed E-state index contributed by atoms with van der Waals surface area (Å²) in [5.74, 6) is 0.728. The molecule has 2 N–H and O–H groups in total. The predicted octanol–water partition coefficient (Wildman–Crippen LogP) is 3.21. The smallest absolute Gasteiger partial charge is 0.371 e. The number of hydrogen-bond donors (Lipinski definition) is 1. The van der Waals surface area contributed by atoms with Crippen molar-refractivity contribution in [2.24, 2.45) is 11.1 Å². The van der Waals surface area contributed by atoms with Gasteiger partial charge in [-0.1, -0.05) is 38.0 Å². The van der Waals surface area contributed by atoms with Crippen LogP contribution in [0.15, 0.2) is 29.1 Å². The van der Waals surface area contributed by atoms with E-state index in [1.807, 2.05) is 0 Å². The zero-order valence-electron chi connectivity index (χ0n) is 13.2. The molecule has 0 aliphatic rings. The average Bonchev–Trinajstić information content (AvgIpc) is 2.42. The molecule has 2 aromatic rings. The van der Waals surface area contributed by atoms with Crippen molar-refractivity contribution in [2.45, 2.75) is 39.5 Å². The van der Waals surface area contributed by atoms with Gasteiger partial charge in [-0.3, -0.25) is 4.79 Å². The SMILES string of the molecule is CCCC(C)CCc1cc(=O)sc2cc(OS(N)(=O)=O)ccc12. The minimum Gasteiger partial charge on any atom is -0.371 e. The molecule has 1 atom stereocenters. The summed E-state index contributed by atoms with van der Waals surface area (Å²) >= 11 is 1.07. The molecule has 0 saturated heterocycles. The third-order valence-electron chi connectivity index (χ3n) is 3.70. The zero-order valence-corrected chi connectivity index (χ0v) is 14.9. The Hall–Kier alpha value is -1.44. The van der Waals surface area contributed by atoms with Gasteiger partial charge in [0.15, 0.2) is 0 Å². The van der Waals surface area contributed by atoms with Crippen LogP contribution in [-0.4, -0.2) is 8.42 Å². The van der Waals surface area contributed by atoms with Crippen LogP contribution in [-0.2, 0) is 16.7 Å². The van der Waals surface area contributed by atoms with Gasteiger partial charge in [0.05, 0.1) is 0 Å². The zero-order chi connectivity index (χ0) is 17.0. The van der Waals surface area contributed by atoms with Gasteiger partial charge in [-0.2, -0.15) is 13.6 Å². The first-order valence-electron chi connectivity index (χ1n) is 7.57. The molecule has 0 fully saturated rings. The van der Waals surface area contributed by atoms with Crippen LogP contribution >= 0.6 is 11.3 Å². The highest BCUT2D eigenvalue weighted by atomic mass is 32.2. The van der Waals surface area contributed by atoms with Crippen molar-refractivity contribution < 1.29 is 12.6 Å². The van der Waals surface area contributed by atoms with Gasteiger partial charge in [0.1, 0.15) is 5.75 Å². The summed E-state index contributed by atoms with van der Waals surface area (Å²) < 4.78 is 27.3. The van der Waals surface area contributed by atoms with Crippen molar-refractivity contribution in [1.29, 1.82) is 0 Å². The second-order valence-electron chi connectivity index (χ2n) is 5.76. The molecule has 1 heterocycles. The van der Waals surface area contributed by atoms with E-state index in [2.05, 4.69) is 18.0 Å². The Morgan fingerprint density at radius 2 is 2.00 bits per heavy atom. The van der Waals surface area contributed by atoms with E-state index in [1.54, 1.807) is 24.3 Å². The number of aryl methyl sites for hydroxylation is 1. The number of hydrogen-bond acceptors (Lipinski definition) is 5. The van der Waals surface area contributed by atoms with E-state index in [0.29, 0.717) is 10.6 Å². The quantitative estimate of drug-likeness (QED) is 0.826. The van der Waals surface area contributed by atoms with Crippen LogP contribution in [0.3, 0.4) is 0 Å². The van der Waals surface area contributed by atoms with Crippen LogP contribution in [0.1, 0.15) is 38.7 Å². The first-order valence-corrected chi connectivity index (χ1v) is 9.86. The maximum Gasteiger partial charge on any atom is 0.380 e. The molecule has 1 aromatic heterocycles. The fourth-order valence-corrected chi connectivity index (χ4v) is 3.92. The summed E-state index contributed by atoms with van der Waals surface area (Å²) in [7, 11) is -4.07. The molecule has 5 nitrogen and oxygen atoms in total. The van der Waals surface area contributed by atoms with Gasteiger partial charge in [0, 0.05) is 10.8 Å². The molecule has 0 bridgehead atoms. The van der Waals surface area contributed by atoms with Crippen LogP contribution in [0.25, 0.3) is 10.1 Å². The Balaban J connectivity index is 2.33. The van der Waals surface area contributed by atoms with Crippen LogP contribution in [0.2, 0.25) is 0 Å². The predicted molar refractivity (Wildman–Crippen MR) is 94.2 cm³/mol. The van der Waals surface area contributed by atoms with Gasteiger partial charge in [-0.15, -0.1) is 0 Å². The number of nitrogens with two attached hydrogens (primary N) is 1. The van der Waals surface area contributed by atoms with Crippen LogP contribution < -0.4 is 14.1 Å².